The molecule has 1 aromatic rings. The fraction of sp³-hybridized carbons (Fsp3) is 0.125. The molecule has 0 saturated heterocycles. The van der Waals surface area contributed by atoms with E-state index in [1.807, 2.05) is 0 Å². The van der Waals surface area contributed by atoms with Crippen LogP contribution in [0.4, 0.5) is 4.39 Å². The van der Waals surface area contributed by atoms with Crippen LogP contribution in [-0.2, 0) is 0 Å². The Hall–Kier alpha value is -0.640. The first-order valence-electron chi connectivity index (χ1n) is 3.44. The molecular formula is C8H6Cl2FNO. The molecule has 0 fully saturated rings. The smallest absolute Gasteiger partial charge is 0.178 e. The molecule has 13 heavy (non-hydrogen) atoms. The normalized spacial score (nSPS) is 10.2. The summed E-state index contributed by atoms with van der Waals surface area (Å²) in [6, 6.07) is 2.33. The second-order valence-electron chi connectivity index (χ2n) is 2.38. The summed E-state index contributed by atoms with van der Waals surface area (Å²) >= 11 is 11.1. The molecule has 0 saturated carbocycles. The number of carbonyl (C=O) groups excluding carboxylic acids is 1. The van der Waals surface area contributed by atoms with E-state index in [0.29, 0.717) is 0 Å². The molecule has 2 nitrogen and oxygen atoms in total. The highest BCUT2D eigenvalue weighted by molar-refractivity contribution is 6.36. The largest absolute Gasteiger partial charge is 0.324 e. The minimum atomic E-state index is -0.717. The Morgan fingerprint density at radius 2 is 2.08 bits per heavy atom. The number of hydrogen-bond donors (Lipinski definition) is 1. The van der Waals surface area contributed by atoms with Crippen LogP contribution in [0.25, 0.3) is 0 Å². The van der Waals surface area contributed by atoms with Gasteiger partial charge in [0.15, 0.2) is 5.78 Å². The number of hydrogen-bond acceptors (Lipinski definition) is 2. The Morgan fingerprint density at radius 3 is 2.62 bits per heavy atom. The lowest BCUT2D eigenvalue weighted by Gasteiger charge is -2.02. The summed E-state index contributed by atoms with van der Waals surface area (Å²) in [5, 5.41) is -0.112. The standard InChI is InChI=1S/C8H6Cl2FNO/c9-4-1-5(7(13)3-12)8(10)6(11)2-4/h1-2H,3,12H2. The van der Waals surface area contributed by atoms with Crippen molar-refractivity contribution < 1.29 is 9.18 Å². The Morgan fingerprint density at radius 1 is 1.46 bits per heavy atom. The van der Waals surface area contributed by atoms with Gasteiger partial charge in [-0.15, -0.1) is 0 Å². The summed E-state index contributed by atoms with van der Waals surface area (Å²) in [7, 11) is 0. The van der Waals surface area contributed by atoms with Gasteiger partial charge in [0.05, 0.1) is 11.6 Å². The Bertz CT molecular complexity index is 354. The third-order valence-corrected chi connectivity index (χ3v) is 2.08. The highest BCUT2D eigenvalue weighted by atomic mass is 35.5. The maximum absolute atomic E-state index is 12.9. The van der Waals surface area contributed by atoms with Gasteiger partial charge in [-0.3, -0.25) is 4.79 Å². The Balaban J connectivity index is 3.28. The Kier molecular flexibility index (Phi) is 3.25. The average molecular weight is 222 g/mol. The summed E-state index contributed by atoms with van der Waals surface area (Å²) in [5.41, 5.74) is 5.12. The average Bonchev–Trinajstić information content (AvgIpc) is 2.10. The van der Waals surface area contributed by atoms with E-state index >= 15 is 0 Å². The van der Waals surface area contributed by atoms with E-state index in [0.717, 1.165) is 6.07 Å². The van der Waals surface area contributed by atoms with E-state index in [9.17, 15) is 9.18 Å². The third-order valence-electron chi connectivity index (χ3n) is 1.48. The van der Waals surface area contributed by atoms with E-state index in [4.69, 9.17) is 28.9 Å². The Labute approximate surface area is 84.4 Å². The molecule has 0 heterocycles. The maximum Gasteiger partial charge on any atom is 0.178 e. The highest BCUT2D eigenvalue weighted by Crippen LogP contribution is 2.24. The van der Waals surface area contributed by atoms with E-state index in [1.165, 1.54) is 6.07 Å². The number of benzene rings is 1. The van der Waals surface area contributed by atoms with Crippen LogP contribution in [0.15, 0.2) is 12.1 Å². The van der Waals surface area contributed by atoms with E-state index in [2.05, 4.69) is 0 Å². The van der Waals surface area contributed by atoms with Crippen LogP contribution >= 0.6 is 23.2 Å². The first kappa shape index (κ1) is 10.4. The zero-order valence-electron chi connectivity index (χ0n) is 6.48. The van der Waals surface area contributed by atoms with Gasteiger partial charge in [-0.2, -0.15) is 0 Å². The monoisotopic (exact) mass is 221 g/mol. The number of ketones is 1. The fourth-order valence-corrected chi connectivity index (χ4v) is 1.29. The van der Waals surface area contributed by atoms with Crippen molar-refractivity contribution in [1.29, 1.82) is 0 Å². The quantitative estimate of drug-likeness (QED) is 0.616. The molecule has 0 unspecified atom stereocenters. The van der Waals surface area contributed by atoms with Gasteiger partial charge in [0.2, 0.25) is 0 Å². The van der Waals surface area contributed by atoms with Gasteiger partial charge in [0.25, 0.3) is 0 Å². The molecule has 0 bridgehead atoms. The molecule has 1 aromatic carbocycles. The lowest BCUT2D eigenvalue weighted by Crippen LogP contribution is -2.14. The second-order valence-corrected chi connectivity index (χ2v) is 3.19. The fourth-order valence-electron chi connectivity index (χ4n) is 0.869. The van der Waals surface area contributed by atoms with Crippen molar-refractivity contribution in [2.24, 2.45) is 5.73 Å². The molecule has 5 heteroatoms. The van der Waals surface area contributed by atoms with Crippen LogP contribution in [0.3, 0.4) is 0 Å². The van der Waals surface area contributed by atoms with Crippen LogP contribution in [0.2, 0.25) is 10.0 Å². The van der Waals surface area contributed by atoms with Gasteiger partial charge in [-0.1, -0.05) is 23.2 Å². The lowest BCUT2D eigenvalue weighted by atomic mass is 10.1. The first-order chi connectivity index (χ1) is 6.06. The molecule has 0 atom stereocenters. The van der Waals surface area contributed by atoms with Crippen molar-refractivity contribution in [3.8, 4) is 0 Å². The lowest BCUT2D eigenvalue weighted by molar-refractivity contribution is 0.100. The molecule has 0 aromatic heterocycles. The number of rotatable bonds is 2. The van der Waals surface area contributed by atoms with Crippen LogP contribution in [-0.4, -0.2) is 12.3 Å². The number of halogens is 3. The summed E-state index contributed by atoms with van der Waals surface area (Å²) in [5.74, 6) is -1.16. The molecule has 0 amide bonds. The molecule has 70 valence electrons. The topological polar surface area (TPSA) is 43.1 Å². The summed E-state index contributed by atoms with van der Waals surface area (Å²) in [4.78, 5) is 11.1. The molecule has 2 N–H and O–H groups in total. The molecule has 0 radical (unpaired) electrons. The highest BCUT2D eigenvalue weighted by Gasteiger charge is 2.13. The van der Waals surface area contributed by atoms with Crippen molar-refractivity contribution in [2.45, 2.75) is 0 Å². The molecule has 0 aliphatic carbocycles. The molecule has 1 rings (SSSR count). The van der Waals surface area contributed by atoms with E-state index in [-0.39, 0.29) is 22.2 Å². The SMILES string of the molecule is NCC(=O)c1cc(Cl)cc(F)c1Cl. The van der Waals surface area contributed by atoms with E-state index in [1.54, 1.807) is 0 Å². The van der Waals surface area contributed by atoms with Crippen LogP contribution in [0, 0.1) is 5.82 Å². The number of nitrogens with two attached hydrogens (primary N) is 1. The van der Waals surface area contributed by atoms with Crippen molar-refractivity contribution in [3.05, 3.63) is 33.6 Å². The predicted molar refractivity (Wildman–Crippen MR) is 49.8 cm³/mol. The first-order valence-corrected chi connectivity index (χ1v) is 4.19. The van der Waals surface area contributed by atoms with Gasteiger partial charge < -0.3 is 5.73 Å². The molecule has 0 aliphatic heterocycles. The van der Waals surface area contributed by atoms with Crippen LogP contribution in [0.1, 0.15) is 10.4 Å². The summed E-state index contributed by atoms with van der Waals surface area (Å²) < 4.78 is 12.9. The van der Waals surface area contributed by atoms with Gasteiger partial charge >= 0.3 is 0 Å². The summed E-state index contributed by atoms with van der Waals surface area (Å²) in [6.45, 7) is -0.223. The minimum absolute atomic E-state index is 0.0224. The van der Waals surface area contributed by atoms with E-state index < -0.39 is 11.6 Å². The van der Waals surface area contributed by atoms with Crippen molar-refractivity contribution in [1.82, 2.24) is 0 Å². The minimum Gasteiger partial charge on any atom is -0.324 e. The van der Waals surface area contributed by atoms with Crippen LogP contribution in [0.5, 0.6) is 0 Å². The van der Waals surface area contributed by atoms with Gasteiger partial charge in [0, 0.05) is 10.6 Å². The predicted octanol–water partition coefficient (Wildman–Crippen LogP) is 2.27. The van der Waals surface area contributed by atoms with Gasteiger partial charge in [-0.25, -0.2) is 4.39 Å². The zero-order chi connectivity index (χ0) is 10.0. The number of carbonyl (C=O) groups is 1. The number of Topliss-reactive ketones (excluding diaryl/α,β-unsaturated/α-hetero) is 1. The van der Waals surface area contributed by atoms with Gasteiger partial charge in [-0.05, 0) is 12.1 Å². The van der Waals surface area contributed by atoms with Crippen molar-refractivity contribution >= 4 is 29.0 Å². The second kappa shape index (κ2) is 4.05. The van der Waals surface area contributed by atoms with Crippen molar-refractivity contribution in [2.75, 3.05) is 6.54 Å². The third kappa shape index (κ3) is 2.18. The maximum atomic E-state index is 12.9. The molecular weight excluding hydrogens is 216 g/mol. The van der Waals surface area contributed by atoms with Crippen LogP contribution < -0.4 is 5.73 Å². The molecule has 0 aliphatic rings. The zero-order valence-corrected chi connectivity index (χ0v) is 7.99. The van der Waals surface area contributed by atoms with Crippen molar-refractivity contribution in [3.63, 3.8) is 0 Å². The summed E-state index contributed by atoms with van der Waals surface area (Å²) in [6.07, 6.45) is 0. The van der Waals surface area contributed by atoms with Gasteiger partial charge in [0.1, 0.15) is 5.82 Å². The molecule has 0 spiro atoms.